The molecule has 3 heteroatoms. The van der Waals surface area contributed by atoms with Gasteiger partial charge in [0.1, 0.15) is 0 Å². The monoisotopic (exact) mass is 126 g/mol. The fourth-order valence-electron chi connectivity index (χ4n) is 0.831. The number of nitrogens with one attached hydrogen (secondary N) is 1. The van der Waals surface area contributed by atoms with Crippen LogP contribution in [0.3, 0.4) is 0 Å². The number of rotatable bonds is 1. The number of nitrogens with two attached hydrogens (primary N) is 1. The fraction of sp³-hybridized carbons (Fsp3) is 0.500. The van der Waals surface area contributed by atoms with E-state index in [2.05, 4.69) is 5.32 Å². The largest absolute Gasteiger partial charge is 0.366 e. The Hall–Kier alpha value is -0.830. The van der Waals surface area contributed by atoms with Gasteiger partial charge in [0.15, 0.2) is 0 Å². The normalized spacial score (nSPS) is 18.9. The molecule has 1 heterocycles. The van der Waals surface area contributed by atoms with Crippen molar-refractivity contribution in [3.63, 3.8) is 0 Å². The van der Waals surface area contributed by atoms with Gasteiger partial charge in [0.05, 0.1) is 0 Å². The van der Waals surface area contributed by atoms with E-state index >= 15 is 0 Å². The molecule has 0 unspecified atom stereocenters. The Morgan fingerprint density at radius 1 is 1.78 bits per heavy atom. The van der Waals surface area contributed by atoms with Crippen LogP contribution in [0.5, 0.6) is 0 Å². The van der Waals surface area contributed by atoms with E-state index in [0.717, 1.165) is 13.0 Å². The maximum absolute atomic E-state index is 10.5. The molecular formula is C6H10N2O. The molecule has 1 aliphatic rings. The van der Waals surface area contributed by atoms with Gasteiger partial charge in [-0.3, -0.25) is 4.79 Å². The van der Waals surface area contributed by atoms with Gasteiger partial charge in [0.25, 0.3) is 0 Å². The maximum Gasteiger partial charge on any atom is 0.245 e. The maximum atomic E-state index is 10.5. The van der Waals surface area contributed by atoms with Crippen LogP contribution in [0, 0.1) is 0 Å². The molecule has 0 fully saturated rings. The van der Waals surface area contributed by atoms with Crippen molar-refractivity contribution in [3.05, 3.63) is 11.6 Å². The van der Waals surface area contributed by atoms with Crippen LogP contribution in [0.1, 0.15) is 6.42 Å². The van der Waals surface area contributed by atoms with Gasteiger partial charge in [-0.2, -0.15) is 0 Å². The second-order valence-electron chi connectivity index (χ2n) is 2.06. The van der Waals surface area contributed by atoms with Crippen molar-refractivity contribution in [1.29, 1.82) is 0 Å². The van der Waals surface area contributed by atoms with Gasteiger partial charge >= 0.3 is 0 Å². The Morgan fingerprint density at radius 3 is 2.89 bits per heavy atom. The summed E-state index contributed by atoms with van der Waals surface area (Å²) >= 11 is 0. The average Bonchev–Trinajstić information content (AvgIpc) is 1.90. The quantitative estimate of drug-likeness (QED) is 0.492. The third kappa shape index (κ3) is 1.54. The number of carbonyl (C=O) groups is 1. The van der Waals surface area contributed by atoms with Crippen LogP contribution in [0.25, 0.3) is 0 Å². The summed E-state index contributed by atoms with van der Waals surface area (Å²) in [5, 5.41) is 3.05. The van der Waals surface area contributed by atoms with Crippen molar-refractivity contribution in [1.82, 2.24) is 5.32 Å². The molecule has 1 aliphatic heterocycles. The zero-order chi connectivity index (χ0) is 6.69. The lowest BCUT2D eigenvalue weighted by Crippen LogP contribution is -2.29. The molecule has 1 amide bonds. The van der Waals surface area contributed by atoms with E-state index in [0.29, 0.717) is 12.1 Å². The van der Waals surface area contributed by atoms with Gasteiger partial charge in [-0.1, -0.05) is 6.08 Å². The van der Waals surface area contributed by atoms with Crippen LogP contribution in [0.4, 0.5) is 0 Å². The molecule has 50 valence electrons. The summed E-state index contributed by atoms with van der Waals surface area (Å²) in [6.07, 6.45) is 2.80. The number of carbonyl (C=O) groups excluding carboxylic acids is 1. The highest BCUT2D eigenvalue weighted by molar-refractivity contribution is 5.92. The van der Waals surface area contributed by atoms with E-state index in [1.54, 1.807) is 0 Å². The SMILES string of the molecule is NC(=O)C1=CCCNC1. The first-order valence-electron chi connectivity index (χ1n) is 3.00. The number of primary amides is 1. The van der Waals surface area contributed by atoms with Crippen molar-refractivity contribution in [3.8, 4) is 0 Å². The summed E-state index contributed by atoms with van der Waals surface area (Å²) in [6.45, 7) is 1.59. The molecular weight excluding hydrogens is 116 g/mol. The molecule has 1 rings (SSSR count). The first-order chi connectivity index (χ1) is 4.30. The number of hydrogen-bond acceptors (Lipinski definition) is 2. The second-order valence-corrected chi connectivity index (χ2v) is 2.06. The van der Waals surface area contributed by atoms with Crippen LogP contribution in [-0.2, 0) is 4.79 Å². The molecule has 0 bridgehead atoms. The third-order valence-corrected chi connectivity index (χ3v) is 1.34. The Morgan fingerprint density at radius 2 is 2.56 bits per heavy atom. The van der Waals surface area contributed by atoms with E-state index in [9.17, 15) is 4.79 Å². The molecule has 3 nitrogen and oxygen atoms in total. The highest BCUT2D eigenvalue weighted by atomic mass is 16.1. The summed E-state index contributed by atoms with van der Waals surface area (Å²) < 4.78 is 0. The lowest BCUT2D eigenvalue weighted by Gasteiger charge is -2.09. The van der Waals surface area contributed by atoms with Crippen molar-refractivity contribution in [2.45, 2.75) is 6.42 Å². The first-order valence-corrected chi connectivity index (χ1v) is 3.00. The predicted molar refractivity (Wildman–Crippen MR) is 34.8 cm³/mol. The minimum atomic E-state index is -0.304. The van der Waals surface area contributed by atoms with E-state index in [-0.39, 0.29) is 5.91 Å². The molecule has 0 saturated heterocycles. The van der Waals surface area contributed by atoms with Crippen molar-refractivity contribution < 1.29 is 4.79 Å². The standard InChI is InChI=1S/C6H10N2O/c7-6(9)5-2-1-3-8-4-5/h2,8H,1,3-4H2,(H2,7,9). The van der Waals surface area contributed by atoms with Gasteiger partial charge in [-0.15, -0.1) is 0 Å². The summed E-state index contributed by atoms with van der Waals surface area (Å²) in [7, 11) is 0. The van der Waals surface area contributed by atoms with Gasteiger partial charge in [0, 0.05) is 12.1 Å². The van der Waals surface area contributed by atoms with Crippen molar-refractivity contribution in [2.75, 3.05) is 13.1 Å². The summed E-state index contributed by atoms with van der Waals surface area (Å²) in [6, 6.07) is 0. The highest BCUT2D eigenvalue weighted by Crippen LogP contribution is 1.98. The van der Waals surface area contributed by atoms with Crippen LogP contribution in [0.2, 0.25) is 0 Å². The molecule has 0 aromatic carbocycles. The van der Waals surface area contributed by atoms with Crippen LogP contribution < -0.4 is 11.1 Å². The van der Waals surface area contributed by atoms with E-state index in [4.69, 9.17) is 5.73 Å². The molecule has 3 N–H and O–H groups in total. The lowest BCUT2D eigenvalue weighted by atomic mass is 10.1. The molecule has 9 heavy (non-hydrogen) atoms. The smallest absolute Gasteiger partial charge is 0.245 e. The van der Waals surface area contributed by atoms with Gasteiger partial charge < -0.3 is 11.1 Å². The number of hydrogen-bond donors (Lipinski definition) is 2. The topological polar surface area (TPSA) is 55.1 Å². The molecule has 0 saturated carbocycles. The van der Waals surface area contributed by atoms with Crippen LogP contribution >= 0.6 is 0 Å². The fourth-order valence-corrected chi connectivity index (χ4v) is 0.831. The molecule has 0 aliphatic carbocycles. The molecule has 0 atom stereocenters. The molecule has 0 aromatic rings. The Balaban J connectivity index is 2.57. The predicted octanol–water partition coefficient (Wildman–Crippen LogP) is -0.609. The van der Waals surface area contributed by atoms with Crippen LogP contribution in [-0.4, -0.2) is 19.0 Å². The molecule has 0 aromatic heterocycles. The number of amides is 1. The zero-order valence-corrected chi connectivity index (χ0v) is 5.18. The summed E-state index contributed by atoms with van der Waals surface area (Å²) in [5.41, 5.74) is 5.73. The first kappa shape index (κ1) is 6.29. The van der Waals surface area contributed by atoms with Crippen LogP contribution in [0.15, 0.2) is 11.6 Å². The molecule has 0 spiro atoms. The van der Waals surface area contributed by atoms with E-state index < -0.39 is 0 Å². The van der Waals surface area contributed by atoms with E-state index in [1.165, 1.54) is 0 Å². The Kier molecular flexibility index (Phi) is 1.85. The van der Waals surface area contributed by atoms with Gasteiger partial charge in [0.2, 0.25) is 5.91 Å². The highest BCUT2D eigenvalue weighted by Gasteiger charge is 2.06. The Bertz CT molecular complexity index is 151. The van der Waals surface area contributed by atoms with Crippen molar-refractivity contribution in [2.24, 2.45) is 5.73 Å². The zero-order valence-electron chi connectivity index (χ0n) is 5.18. The third-order valence-electron chi connectivity index (χ3n) is 1.34. The summed E-state index contributed by atoms with van der Waals surface area (Å²) in [5.74, 6) is -0.304. The van der Waals surface area contributed by atoms with Crippen molar-refractivity contribution >= 4 is 5.91 Å². The summed E-state index contributed by atoms with van der Waals surface area (Å²) in [4.78, 5) is 10.5. The van der Waals surface area contributed by atoms with E-state index in [1.807, 2.05) is 6.08 Å². The minimum Gasteiger partial charge on any atom is -0.366 e. The van der Waals surface area contributed by atoms with Gasteiger partial charge in [-0.25, -0.2) is 0 Å². The molecule has 0 radical (unpaired) electrons. The van der Waals surface area contributed by atoms with Gasteiger partial charge in [-0.05, 0) is 13.0 Å². The average molecular weight is 126 g/mol. The lowest BCUT2D eigenvalue weighted by molar-refractivity contribution is -0.114. The second kappa shape index (κ2) is 2.64. The Labute approximate surface area is 53.9 Å². The minimum absolute atomic E-state index is 0.304.